The lowest BCUT2D eigenvalue weighted by molar-refractivity contribution is -0.137. The van der Waals surface area contributed by atoms with Crippen molar-refractivity contribution in [3.8, 4) is 0 Å². The third-order valence-corrected chi connectivity index (χ3v) is 4.66. The van der Waals surface area contributed by atoms with Crippen molar-refractivity contribution in [1.82, 2.24) is 5.32 Å². The van der Waals surface area contributed by atoms with Crippen LogP contribution in [0.1, 0.15) is 37.7 Å². The molecule has 1 aromatic rings. The molecule has 0 radical (unpaired) electrons. The molecular formula is C16H19F3N2O. The van der Waals surface area contributed by atoms with E-state index in [0.717, 1.165) is 31.4 Å². The molecule has 120 valence electrons. The van der Waals surface area contributed by atoms with E-state index < -0.39 is 11.7 Å². The van der Waals surface area contributed by atoms with Crippen molar-refractivity contribution in [1.29, 1.82) is 0 Å². The van der Waals surface area contributed by atoms with Crippen molar-refractivity contribution in [2.75, 3.05) is 5.32 Å². The summed E-state index contributed by atoms with van der Waals surface area (Å²) in [6, 6.07) is 4.73. The number of carbonyl (C=O) groups excluding carboxylic acids is 1. The first-order valence-electron chi connectivity index (χ1n) is 7.67. The fourth-order valence-electron chi connectivity index (χ4n) is 3.49. The minimum Gasteiger partial charge on any atom is -0.325 e. The van der Waals surface area contributed by atoms with Gasteiger partial charge in [-0.1, -0.05) is 12.8 Å². The van der Waals surface area contributed by atoms with Gasteiger partial charge in [0.25, 0.3) is 0 Å². The van der Waals surface area contributed by atoms with E-state index in [1.54, 1.807) is 0 Å². The molecule has 1 heterocycles. The number of carbonyl (C=O) groups is 1. The van der Waals surface area contributed by atoms with Gasteiger partial charge in [-0.05, 0) is 49.4 Å². The highest BCUT2D eigenvalue weighted by molar-refractivity contribution is 5.95. The summed E-state index contributed by atoms with van der Waals surface area (Å²) < 4.78 is 37.5. The number of rotatable bonds is 2. The molecule has 0 aromatic heterocycles. The van der Waals surface area contributed by atoms with Gasteiger partial charge in [0.05, 0.1) is 11.6 Å². The molecule has 0 spiro atoms. The summed E-state index contributed by atoms with van der Waals surface area (Å²) >= 11 is 0. The molecule has 1 saturated heterocycles. The Balaban J connectivity index is 1.60. The number of anilines is 1. The number of hydrogen-bond donors (Lipinski definition) is 2. The predicted octanol–water partition coefficient (Wildman–Crippen LogP) is 3.56. The lowest BCUT2D eigenvalue weighted by Crippen LogP contribution is -2.39. The number of benzene rings is 1. The van der Waals surface area contributed by atoms with Crippen LogP contribution < -0.4 is 10.6 Å². The highest BCUT2D eigenvalue weighted by Gasteiger charge is 2.38. The fourth-order valence-corrected chi connectivity index (χ4v) is 3.49. The second kappa shape index (κ2) is 5.91. The van der Waals surface area contributed by atoms with Crippen molar-refractivity contribution >= 4 is 11.6 Å². The summed E-state index contributed by atoms with van der Waals surface area (Å²) in [6.07, 6.45) is 1.14. The average molecular weight is 312 g/mol. The molecule has 0 bridgehead atoms. The van der Waals surface area contributed by atoms with Crippen LogP contribution in [0, 0.1) is 5.92 Å². The molecule has 1 aliphatic carbocycles. The average Bonchev–Trinajstić information content (AvgIpc) is 2.91. The topological polar surface area (TPSA) is 41.1 Å². The van der Waals surface area contributed by atoms with Crippen LogP contribution in [0.3, 0.4) is 0 Å². The van der Waals surface area contributed by atoms with Crippen LogP contribution in [0.4, 0.5) is 18.9 Å². The molecule has 1 saturated carbocycles. The molecule has 0 unspecified atom stereocenters. The third-order valence-electron chi connectivity index (χ3n) is 4.66. The predicted molar refractivity (Wildman–Crippen MR) is 77.4 cm³/mol. The molecule has 2 fully saturated rings. The Hall–Kier alpha value is -1.56. The molecule has 3 rings (SSSR count). The van der Waals surface area contributed by atoms with E-state index >= 15 is 0 Å². The summed E-state index contributed by atoms with van der Waals surface area (Å²) in [6.45, 7) is 0. The van der Waals surface area contributed by atoms with E-state index in [-0.39, 0.29) is 11.9 Å². The summed E-state index contributed by atoms with van der Waals surface area (Å²) in [5.74, 6) is 0.395. The van der Waals surface area contributed by atoms with Gasteiger partial charge in [-0.2, -0.15) is 13.2 Å². The zero-order valence-corrected chi connectivity index (χ0v) is 12.1. The Morgan fingerprint density at radius 1 is 1.14 bits per heavy atom. The highest BCUT2D eigenvalue weighted by atomic mass is 19.4. The Morgan fingerprint density at radius 3 is 2.45 bits per heavy atom. The van der Waals surface area contributed by atoms with Crippen molar-refractivity contribution in [2.45, 2.75) is 50.4 Å². The number of alkyl halides is 3. The van der Waals surface area contributed by atoms with E-state index in [2.05, 4.69) is 10.6 Å². The Bertz CT molecular complexity index is 527. The van der Waals surface area contributed by atoms with E-state index in [1.807, 2.05) is 0 Å². The van der Waals surface area contributed by atoms with Crippen molar-refractivity contribution in [2.24, 2.45) is 5.92 Å². The highest BCUT2D eigenvalue weighted by Crippen LogP contribution is 2.34. The maximum atomic E-state index is 12.5. The van der Waals surface area contributed by atoms with Crippen LogP contribution in [0.15, 0.2) is 24.3 Å². The van der Waals surface area contributed by atoms with E-state index in [0.29, 0.717) is 17.6 Å². The van der Waals surface area contributed by atoms with Crippen LogP contribution in [0.25, 0.3) is 0 Å². The molecule has 6 heteroatoms. The van der Waals surface area contributed by atoms with Crippen LogP contribution in [-0.4, -0.2) is 18.0 Å². The van der Waals surface area contributed by atoms with Crippen LogP contribution in [0.2, 0.25) is 0 Å². The normalized spacial score (nSPS) is 28.2. The summed E-state index contributed by atoms with van der Waals surface area (Å²) in [5, 5.41) is 6.06. The first-order chi connectivity index (χ1) is 10.4. The minimum atomic E-state index is -4.36. The van der Waals surface area contributed by atoms with Gasteiger partial charge in [0.15, 0.2) is 0 Å². The van der Waals surface area contributed by atoms with Gasteiger partial charge in [-0.15, -0.1) is 0 Å². The molecule has 3 nitrogen and oxygen atoms in total. The zero-order valence-electron chi connectivity index (χ0n) is 12.1. The fraction of sp³-hybridized carbons (Fsp3) is 0.562. The van der Waals surface area contributed by atoms with E-state index in [9.17, 15) is 18.0 Å². The Kier molecular flexibility index (Phi) is 4.12. The van der Waals surface area contributed by atoms with Crippen molar-refractivity contribution < 1.29 is 18.0 Å². The van der Waals surface area contributed by atoms with Crippen molar-refractivity contribution in [3.63, 3.8) is 0 Å². The maximum absolute atomic E-state index is 12.5. The van der Waals surface area contributed by atoms with Crippen LogP contribution in [0.5, 0.6) is 0 Å². The largest absolute Gasteiger partial charge is 0.416 e. The molecule has 2 aliphatic rings. The molecule has 2 N–H and O–H groups in total. The van der Waals surface area contributed by atoms with Crippen molar-refractivity contribution in [3.05, 3.63) is 29.8 Å². The number of nitrogens with one attached hydrogen (secondary N) is 2. The van der Waals surface area contributed by atoms with Crippen LogP contribution >= 0.6 is 0 Å². The van der Waals surface area contributed by atoms with E-state index in [4.69, 9.17) is 0 Å². The monoisotopic (exact) mass is 312 g/mol. The summed E-state index contributed by atoms with van der Waals surface area (Å²) in [7, 11) is 0. The van der Waals surface area contributed by atoms with E-state index in [1.165, 1.54) is 25.0 Å². The molecule has 3 atom stereocenters. The van der Waals surface area contributed by atoms with Gasteiger partial charge in [0.2, 0.25) is 5.91 Å². The lowest BCUT2D eigenvalue weighted by atomic mass is 9.85. The number of fused-ring (bicyclic) bond motifs is 1. The minimum absolute atomic E-state index is 0.158. The Morgan fingerprint density at radius 2 is 1.82 bits per heavy atom. The summed E-state index contributed by atoms with van der Waals surface area (Å²) in [5.41, 5.74) is -0.315. The van der Waals surface area contributed by atoms with Gasteiger partial charge >= 0.3 is 6.18 Å². The third kappa shape index (κ3) is 3.27. The standard InChI is InChI=1S/C16H19F3N2O/c17-16(18,19)11-5-7-12(8-6-11)20-15(22)14-9-10-3-1-2-4-13(10)21-14/h5-8,10,13-14,21H,1-4,9H2,(H,20,22)/t10-,13-,14-/m0/s1. The second-order valence-electron chi connectivity index (χ2n) is 6.17. The first-order valence-corrected chi connectivity index (χ1v) is 7.67. The van der Waals surface area contributed by atoms with Gasteiger partial charge < -0.3 is 10.6 Å². The second-order valence-corrected chi connectivity index (χ2v) is 6.17. The van der Waals surface area contributed by atoms with Gasteiger partial charge in [0, 0.05) is 11.7 Å². The summed E-state index contributed by atoms with van der Waals surface area (Å²) in [4.78, 5) is 12.2. The zero-order chi connectivity index (χ0) is 15.7. The molecule has 22 heavy (non-hydrogen) atoms. The van der Waals surface area contributed by atoms with Gasteiger partial charge in [-0.25, -0.2) is 0 Å². The van der Waals surface area contributed by atoms with Gasteiger partial charge in [0.1, 0.15) is 0 Å². The molecule has 1 aromatic carbocycles. The molecular weight excluding hydrogens is 293 g/mol. The maximum Gasteiger partial charge on any atom is 0.416 e. The number of hydrogen-bond acceptors (Lipinski definition) is 2. The van der Waals surface area contributed by atoms with Gasteiger partial charge in [-0.3, -0.25) is 4.79 Å². The first kappa shape index (κ1) is 15.3. The molecule has 1 aliphatic heterocycles. The molecule has 1 amide bonds. The number of amides is 1. The smallest absolute Gasteiger partial charge is 0.325 e. The SMILES string of the molecule is O=C(Nc1ccc(C(F)(F)F)cc1)[C@@H]1C[C@@H]2CCCC[C@@H]2N1. The van der Waals surface area contributed by atoms with Crippen LogP contribution in [-0.2, 0) is 11.0 Å². The Labute approximate surface area is 127 Å². The lowest BCUT2D eigenvalue weighted by Gasteiger charge is -2.24. The quantitative estimate of drug-likeness (QED) is 0.876. The number of halogens is 3.